The Hall–Kier alpha value is -2.93. The molecule has 1 aliphatic rings. The molecule has 0 unspecified atom stereocenters. The van der Waals surface area contributed by atoms with E-state index in [-0.39, 0.29) is 16.3 Å². The molecule has 3 rings (SSSR count). The van der Waals surface area contributed by atoms with Crippen molar-refractivity contribution in [3.05, 3.63) is 46.5 Å². The second-order valence-electron chi connectivity index (χ2n) is 5.92. The summed E-state index contributed by atoms with van der Waals surface area (Å²) < 4.78 is 16.0. The van der Waals surface area contributed by atoms with Crippen LogP contribution in [0.4, 0.5) is 5.69 Å². The number of nitrogens with one attached hydrogen (secondary N) is 1. The highest BCUT2D eigenvalue weighted by atomic mass is 35.5. The second kappa shape index (κ2) is 8.18. The van der Waals surface area contributed by atoms with Crippen LogP contribution >= 0.6 is 11.6 Å². The van der Waals surface area contributed by atoms with Gasteiger partial charge in [-0.25, -0.2) is 4.79 Å². The predicted molar refractivity (Wildman–Crippen MR) is 98.8 cm³/mol. The summed E-state index contributed by atoms with van der Waals surface area (Å²) in [6.07, 6.45) is 0.746. The predicted octanol–water partition coefficient (Wildman–Crippen LogP) is 3.31. The van der Waals surface area contributed by atoms with Crippen molar-refractivity contribution in [1.29, 1.82) is 0 Å². The molecule has 142 valence electrons. The molecule has 1 amide bonds. The second-order valence-corrected chi connectivity index (χ2v) is 6.33. The summed E-state index contributed by atoms with van der Waals surface area (Å²) >= 11 is 6.16. The summed E-state index contributed by atoms with van der Waals surface area (Å²) in [7, 11) is 0. The number of amides is 1. The zero-order valence-electron chi connectivity index (χ0n) is 14.6. The average Bonchev–Trinajstić information content (AvgIpc) is 2.87. The van der Waals surface area contributed by atoms with Crippen LogP contribution in [0.3, 0.4) is 0 Å². The number of carbonyl (C=O) groups excluding carboxylic acids is 2. The number of hydrogen-bond acceptors (Lipinski definition) is 6. The van der Waals surface area contributed by atoms with Crippen molar-refractivity contribution < 1.29 is 28.9 Å². The van der Waals surface area contributed by atoms with Gasteiger partial charge in [0, 0.05) is 18.6 Å². The van der Waals surface area contributed by atoms with Gasteiger partial charge in [-0.2, -0.15) is 0 Å². The molecular weight excluding hydrogens is 374 g/mol. The first-order valence-electron chi connectivity index (χ1n) is 8.30. The van der Waals surface area contributed by atoms with Crippen molar-refractivity contribution in [3.8, 4) is 17.2 Å². The van der Waals surface area contributed by atoms with Crippen LogP contribution in [0.1, 0.15) is 22.3 Å². The van der Waals surface area contributed by atoms with E-state index in [1.54, 1.807) is 31.2 Å². The average molecular weight is 392 g/mol. The van der Waals surface area contributed by atoms with Gasteiger partial charge in [-0.15, -0.1) is 0 Å². The first-order valence-corrected chi connectivity index (χ1v) is 8.68. The van der Waals surface area contributed by atoms with Crippen LogP contribution in [0, 0.1) is 6.92 Å². The Morgan fingerprint density at radius 3 is 2.67 bits per heavy atom. The van der Waals surface area contributed by atoms with Crippen LogP contribution in [0.25, 0.3) is 0 Å². The highest BCUT2D eigenvalue weighted by Crippen LogP contribution is 2.37. The molecule has 0 aromatic heterocycles. The van der Waals surface area contributed by atoms with Gasteiger partial charge in [0.25, 0.3) is 5.91 Å². The highest BCUT2D eigenvalue weighted by molar-refractivity contribution is 6.34. The molecule has 0 fully saturated rings. The van der Waals surface area contributed by atoms with Crippen molar-refractivity contribution in [2.45, 2.75) is 13.3 Å². The fourth-order valence-corrected chi connectivity index (χ4v) is 2.70. The normalized spacial score (nSPS) is 12.8. The number of hydrogen-bond donors (Lipinski definition) is 2. The Morgan fingerprint density at radius 1 is 1.22 bits per heavy atom. The van der Waals surface area contributed by atoms with Crippen LogP contribution in [-0.2, 0) is 9.53 Å². The van der Waals surface area contributed by atoms with E-state index in [4.69, 9.17) is 25.8 Å². The third-order valence-electron chi connectivity index (χ3n) is 3.90. The molecule has 0 radical (unpaired) electrons. The van der Waals surface area contributed by atoms with E-state index >= 15 is 0 Å². The third kappa shape index (κ3) is 4.43. The molecule has 0 aliphatic carbocycles. The molecule has 2 aromatic rings. The van der Waals surface area contributed by atoms with E-state index in [0.717, 1.165) is 6.42 Å². The summed E-state index contributed by atoms with van der Waals surface area (Å²) in [6, 6.07) is 7.82. The molecule has 1 aliphatic heterocycles. The fraction of sp³-hybridized carbons (Fsp3) is 0.263. The molecular formula is C19H18ClNO6. The maximum Gasteiger partial charge on any atom is 0.342 e. The van der Waals surface area contributed by atoms with Crippen LogP contribution in [0.15, 0.2) is 30.3 Å². The lowest BCUT2D eigenvalue weighted by molar-refractivity contribution is -0.119. The van der Waals surface area contributed by atoms with Crippen molar-refractivity contribution in [2.24, 2.45) is 0 Å². The first kappa shape index (κ1) is 18.8. The van der Waals surface area contributed by atoms with Crippen LogP contribution in [-0.4, -0.2) is 36.8 Å². The number of benzene rings is 2. The van der Waals surface area contributed by atoms with Crippen molar-refractivity contribution in [2.75, 3.05) is 25.1 Å². The number of esters is 1. The topological polar surface area (TPSA) is 94.1 Å². The number of phenolic OH excluding ortho intramolecular Hbond substituents is 1. The van der Waals surface area contributed by atoms with Gasteiger partial charge in [0.1, 0.15) is 11.3 Å². The van der Waals surface area contributed by atoms with Gasteiger partial charge in [0.05, 0.1) is 23.9 Å². The van der Waals surface area contributed by atoms with Gasteiger partial charge in [0.2, 0.25) is 0 Å². The Kier molecular flexibility index (Phi) is 5.71. The molecule has 2 aromatic carbocycles. The minimum atomic E-state index is -0.795. The van der Waals surface area contributed by atoms with Crippen LogP contribution in [0.2, 0.25) is 5.02 Å². The molecule has 0 saturated heterocycles. The SMILES string of the molecule is Cc1cccc(C(=O)OCC(=O)Nc2cc3c(cc2Cl)OCCCO3)c1O. The quantitative estimate of drug-likeness (QED) is 0.776. The number of para-hydroxylation sites is 1. The number of fused-ring (bicyclic) bond motifs is 1. The Bertz CT molecular complexity index is 883. The zero-order chi connectivity index (χ0) is 19.4. The van der Waals surface area contributed by atoms with E-state index in [9.17, 15) is 14.7 Å². The lowest BCUT2D eigenvalue weighted by Gasteiger charge is -2.13. The molecule has 0 atom stereocenters. The third-order valence-corrected chi connectivity index (χ3v) is 4.22. The zero-order valence-corrected chi connectivity index (χ0v) is 15.3. The molecule has 8 heteroatoms. The largest absolute Gasteiger partial charge is 0.507 e. The lowest BCUT2D eigenvalue weighted by Crippen LogP contribution is -2.21. The Labute approximate surface area is 160 Å². The summed E-state index contributed by atoms with van der Waals surface area (Å²) in [6.45, 7) is 2.15. The molecule has 7 nitrogen and oxygen atoms in total. The Morgan fingerprint density at radius 2 is 1.93 bits per heavy atom. The van der Waals surface area contributed by atoms with E-state index in [1.165, 1.54) is 6.07 Å². The minimum absolute atomic E-state index is 0.00332. The van der Waals surface area contributed by atoms with Gasteiger partial charge in [-0.05, 0) is 18.6 Å². The molecule has 0 saturated carbocycles. The number of carbonyl (C=O) groups is 2. The smallest absolute Gasteiger partial charge is 0.342 e. The summed E-state index contributed by atoms with van der Waals surface area (Å²) in [4.78, 5) is 24.2. The number of halogens is 1. The van der Waals surface area contributed by atoms with E-state index in [2.05, 4.69) is 5.32 Å². The maximum absolute atomic E-state index is 12.1. The lowest BCUT2D eigenvalue weighted by atomic mass is 10.1. The van der Waals surface area contributed by atoms with E-state index in [0.29, 0.717) is 36.0 Å². The van der Waals surface area contributed by atoms with E-state index < -0.39 is 18.5 Å². The summed E-state index contributed by atoms with van der Waals surface area (Å²) in [5, 5.41) is 12.7. The Balaban J connectivity index is 1.63. The standard InChI is InChI=1S/C19H18ClNO6/c1-11-4-2-5-12(18(11)23)19(24)27-10-17(22)21-14-9-16-15(8-13(14)20)25-6-3-7-26-16/h2,4-5,8-9,23H,3,6-7,10H2,1H3,(H,21,22). The summed E-state index contributed by atoms with van der Waals surface area (Å²) in [5.74, 6) is -0.553. The van der Waals surface area contributed by atoms with Gasteiger partial charge in [0.15, 0.2) is 18.1 Å². The molecule has 1 heterocycles. The number of anilines is 1. The molecule has 2 N–H and O–H groups in total. The van der Waals surface area contributed by atoms with Gasteiger partial charge in [-0.3, -0.25) is 4.79 Å². The number of aryl methyl sites for hydroxylation is 1. The van der Waals surface area contributed by atoms with E-state index in [1.807, 2.05) is 0 Å². The van der Waals surface area contributed by atoms with Gasteiger partial charge >= 0.3 is 5.97 Å². The number of phenols is 1. The highest BCUT2D eigenvalue weighted by Gasteiger charge is 2.18. The van der Waals surface area contributed by atoms with Crippen molar-refractivity contribution in [1.82, 2.24) is 0 Å². The number of ether oxygens (including phenoxy) is 3. The first-order chi connectivity index (χ1) is 13.0. The van der Waals surface area contributed by atoms with Crippen LogP contribution in [0.5, 0.6) is 17.2 Å². The number of aromatic hydroxyl groups is 1. The van der Waals surface area contributed by atoms with Crippen LogP contribution < -0.4 is 14.8 Å². The fourth-order valence-electron chi connectivity index (χ4n) is 2.50. The molecule has 0 bridgehead atoms. The monoisotopic (exact) mass is 391 g/mol. The van der Waals surface area contributed by atoms with Gasteiger partial charge in [-0.1, -0.05) is 23.7 Å². The maximum atomic E-state index is 12.1. The van der Waals surface area contributed by atoms with Crippen molar-refractivity contribution in [3.63, 3.8) is 0 Å². The molecule has 27 heavy (non-hydrogen) atoms. The summed E-state index contributed by atoms with van der Waals surface area (Å²) in [5.41, 5.74) is 0.852. The molecule has 0 spiro atoms. The van der Waals surface area contributed by atoms with Crippen molar-refractivity contribution >= 4 is 29.2 Å². The number of rotatable bonds is 4. The minimum Gasteiger partial charge on any atom is -0.507 e. The van der Waals surface area contributed by atoms with Gasteiger partial charge < -0.3 is 24.6 Å².